The number of carboxylic acids is 1. The Morgan fingerprint density at radius 1 is 1.43 bits per heavy atom. The minimum atomic E-state index is -1.08. The molecular formula is C14H15N3O4. The molecule has 110 valence electrons. The lowest BCUT2D eigenvalue weighted by Gasteiger charge is -2.09. The molecule has 0 fully saturated rings. The van der Waals surface area contributed by atoms with Gasteiger partial charge in [0.15, 0.2) is 0 Å². The number of aryl methyl sites for hydroxylation is 1. The molecule has 2 aromatic rings. The average Bonchev–Trinajstić information content (AvgIpc) is 2.98. The first-order chi connectivity index (χ1) is 10.1. The zero-order chi connectivity index (χ0) is 15.2. The van der Waals surface area contributed by atoms with E-state index in [9.17, 15) is 9.59 Å². The summed E-state index contributed by atoms with van der Waals surface area (Å²) in [7, 11) is 1.38. The lowest BCUT2D eigenvalue weighted by molar-refractivity contribution is -0.116. The maximum Gasteiger partial charge on any atom is 0.339 e. The van der Waals surface area contributed by atoms with E-state index in [1.54, 1.807) is 23.3 Å². The van der Waals surface area contributed by atoms with Crippen LogP contribution in [-0.2, 0) is 11.3 Å². The minimum Gasteiger partial charge on any atom is -0.496 e. The topological polar surface area (TPSA) is 93.5 Å². The summed E-state index contributed by atoms with van der Waals surface area (Å²) in [5, 5.41) is 11.7. The van der Waals surface area contributed by atoms with Gasteiger partial charge in [-0.25, -0.2) is 9.78 Å². The molecule has 1 aromatic carbocycles. The van der Waals surface area contributed by atoms with Crippen LogP contribution in [0.2, 0.25) is 0 Å². The van der Waals surface area contributed by atoms with Gasteiger partial charge in [0.2, 0.25) is 5.91 Å². The number of ether oxygens (including phenoxy) is 1. The largest absolute Gasteiger partial charge is 0.496 e. The smallest absolute Gasteiger partial charge is 0.339 e. The third kappa shape index (κ3) is 3.82. The van der Waals surface area contributed by atoms with Gasteiger partial charge < -0.3 is 19.7 Å². The highest BCUT2D eigenvalue weighted by atomic mass is 16.5. The molecule has 2 N–H and O–H groups in total. The normalized spacial score (nSPS) is 10.1. The molecule has 0 unspecified atom stereocenters. The molecule has 0 saturated heterocycles. The van der Waals surface area contributed by atoms with Gasteiger partial charge in [0.25, 0.3) is 0 Å². The van der Waals surface area contributed by atoms with Crippen molar-refractivity contribution in [2.24, 2.45) is 0 Å². The minimum absolute atomic E-state index is 0.0499. The Labute approximate surface area is 121 Å². The number of nitrogens with zero attached hydrogens (tertiary/aromatic N) is 2. The van der Waals surface area contributed by atoms with Crippen molar-refractivity contribution in [3.05, 3.63) is 42.5 Å². The first-order valence-corrected chi connectivity index (χ1v) is 6.27. The molecule has 0 aliphatic heterocycles. The van der Waals surface area contributed by atoms with E-state index in [1.165, 1.54) is 25.3 Å². The molecule has 7 nitrogen and oxygen atoms in total. The number of carbonyl (C=O) groups is 2. The Kier molecular flexibility index (Phi) is 4.55. The van der Waals surface area contributed by atoms with Gasteiger partial charge in [-0.3, -0.25) is 4.79 Å². The van der Waals surface area contributed by atoms with Crippen LogP contribution in [0, 0.1) is 0 Å². The van der Waals surface area contributed by atoms with E-state index in [2.05, 4.69) is 10.3 Å². The molecule has 1 heterocycles. The van der Waals surface area contributed by atoms with Crippen molar-refractivity contribution in [1.82, 2.24) is 9.55 Å². The summed E-state index contributed by atoms with van der Waals surface area (Å²) < 4.78 is 6.80. The highest BCUT2D eigenvalue weighted by Crippen LogP contribution is 2.23. The van der Waals surface area contributed by atoms with Crippen molar-refractivity contribution in [3.63, 3.8) is 0 Å². The summed E-state index contributed by atoms with van der Waals surface area (Å²) in [5.41, 5.74) is 0.543. The lowest BCUT2D eigenvalue weighted by atomic mass is 10.2. The molecule has 2 rings (SSSR count). The molecular weight excluding hydrogens is 274 g/mol. The second-order valence-corrected chi connectivity index (χ2v) is 4.32. The zero-order valence-corrected chi connectivity index (χ0v) is 11.4. The summed E-state index contributed by atoms with van der Waals surface area (Å²) >= 11 is 0. The first kappa shape index (κ1) is 14.6. The van der Waals surface area contributed by atoms with E-state index >= 15 is 0 Å². The molecule has 0 saturated carbocycles. The van der Waals surface area contributed by atoms with E-state index in [0.29, 0.717) is 18.7 Å². The third-order valence-electron chi connectivity index (χ3n) is 2.87. The van der Waals surface area contributed by atoms with Gasteiger partial charge in [-0.15, -0.1) is 0 Å². The molecule has 0 aliphatic rings. The number of anilines is 1. The van der Waals surface area contributed by atoms with E-state index in [1.807, 2.05) is 0 Å². The number of hydrogen-bond donors (Lipinski definition) is 2. The van der Waals surface area contributed by atoms with Crippen LogP contribution in [0.3, 0.4) is 0 Å². The SMILES string of the molecule is COc1cc(NC(=O)CCn2ccnc2)ccc1C(=O)O. The van der Waals surface area contributed by atoms with Gasteiger partial charge in [0.05, 0.1) is 13.4 Å². The number of carbonyl (C=O) groups excluding carboxylic acids is 1. The number of aromatic carboxylic acids is 1. The number of imidazole rings is 1. The number of benzene rings is 1. The molecule has 21 heavy (non-hydrogen) atoms. The number of nitrogens with one attached hydrogen (secondary N) is 1. The Bertz CT molecular complexity index is 638. The van der Waals surface area contributed by atoms with Crippen molar-refractivity contribution < 1.29 is 19.4 Å². The summed E-state index contributed by atoms with van der Waals surface area (Å²) in [6.07, 6.45) is 5.35. The fraction of sp³-hybridized carbons (Fsp3) is 0.214. The van der Waals surface area contributed by atoms with Crippen LogP contribution in [0.15, 0.2) is 36.9 Å². The first-order valence-electron chi connectivity index (χ1n) is 6.27. The molecule has 1 aromatic heterocycles. The average molecular weight is 289 g/mol. The Morgan fingerprint density at radius 2 is 2.24 bits per heavy atom. The Morgan fingerprint density at radius 3 is 2.86 bits per heavy atom. The van der Waals surface area contributed by atoms with Gasteiger partial charge in [0, 0.05) is 37.1 Å². The Balaban J connectivity index is 1.99. The molecule has 0 bridgehead atoms. The predicted octanol–water partition coefficient (Wildman–Crippen LogP) is 1.62. The van der Waals surface area contributed by atoms with Crippen LogP contribution in [0.5, 0.6) is 5.75 Å². The molecule has 0 spiro atoms. The van der Waals surface area contributed by atoms with Crippen LogP contribution >= 0.6 is 0 Å². The number of aromatic nitrogens is 2. The van der Waals surface area contributed by atoms with Crippen LogP contribution < -0.4 is 10.1 Å². The van der Waals surface area contributed by atoms with Crippen molar-refractivity contribution >= 4 is 17.6 Å². The monoisotopic (exact) mass is 289 g/mol. The third-order valence-corrected chi connectivity index (χ3v) is 2.87. The van der Waals surface area contributed by atoms with Crippen LogP contribution in [0.1, 0.15) is 16.8 Å². The van der Waals surface area contributed by atoms with Gasteiger partial charge in [0.1, 0.15) is 11.3 Å². The van der Waals surface area contributed by atoms with Crippen molar-refractivity contribution in [2.45, 2.75) is 13.0 Å². The van der Waals surface area contributed by atoms with E-state index < -0.39 is 5.97 Å². The quantitative estimate of drug-likeness (QED) is 0.842. The number of carboxylic acid groups (broad SMARTS) is 1. The van der Waals surface area contributed by atoms with Crippen LogP contribution in [0.25, 0.3) is 0 Å². The summed E-state index contributed by atoms with van der Waals surface area (Å²) in [4.78, 5) is 26.7. The maximum absolute atomic E-state index is 11.8. The van der Waals surface area contributed by atoms with Gasteiger partial charge in [-0.1, -0.05) is 0 Å². The molecule has 1 amide bonds. The van der Waals surface area contributed by atoms with Gasteiger partial charge in [-0.2, -0.15) is 0 Å². The summed E-state index contributed by atoms with van der Waals surface area (Å²) in [6.45, 7) is 0.524. The number of methoxy groups -OCH3 is 1. The highest BCUT2D eigenvalue weighted by molar-refractivity contribution is 5.94. The second-order valence-electron chi connectivity index (χ2n) is 4.32. The number of amides is 1. The number of rotatable bonds is 6. The molecule has 0 aliphatic carbocycles. The van der Waals surface area contributed by atoms with Crippen molar-refractivity contribution in [1.29, 1.82) is 0 Å². The molecule has 0 atom stereocenters. The second kappa shape index (κ2) is 6.56. The number of hydrogen-bond acceptors (Lipinski definition) is 4. The summed E-state index contributed by atoms with van der Waals surface area (Å²) in [5.74, 6) is -1.05. The van der Waals surface area contributed by atoms with E-state index in [0.717, 1.165) is 0 Å². The predicted molar refractivity (Wildman–Crippen MR) is 75.4 cm³/mol. The van der Waals surface area contributed by atoms with Crippen LogP contribution in [-0.4, -0.2) is 33.6 Å². The lowest BCUT2D eigenvalue weighted by Crippen LogP contribution is -2.14. The fourth-order valence-electron chi connectivity index (χ4n) is 1.82. The van der Waals surface area contributed by atoms with Crippen LogP contribution in [0.4, 0.5) is 5.69 Å². The fourth-order valence-corrected chi connectivity index (χ4v) is 1.82. The van der Waals surface area contributed by atoms with E-state index in [-0.39, 0.29) is 17.2 Å². The van der Waals surface area contributed by atoms with Crippen molar-refractivity contribution in [3.8, 4) is 5.75 Å². The zero-order valence-electron chi connectivity index (χ0n) is 11.4. The van der Waals surface area contributed by atoms with Crippen molar-refractivity contribution in [2.75, 3.05) is 12.4 Å². The molecule has 0 radical (unpaired) electrons. The highest BCUT2D eigenvalue weighted by Gasteiger charge is 2.12. The van der Waals surface area contributed by atoms with Gasteiger partial charge in [-0.05, 0) is 12.1 Å². The molecule has 7 heteroatoms. The maximum atomic E-state index is 11.8. The van der Waals surface area contributed by atoms with Gasteiger partial charge >= 0.3 is 5.97 Å². The summed E-state index contributed by atoms with van der Waals surface area (Å²) in [6, 6.07) is 4.41. The standard InChI is InChI=1S/C14H15N3O4/c1-21-12-8-10(2-3-11(12)14(19)20)16-13(18)4-6-17-7-5-15-9-17/h2-3,5,7-9H,4,6H2,1H3,(H,16,18)(H,19,20). The Hall–Kier alpha value is -2.83. The van der Waals surface area contributed by atoms with E-state index in [4.69, 9.17) is 9.84 Å².